The van der Waals surface area contributed by atoms with Crippen LogP contribution in [-0.4, -0.2) is 59.9 Å². The van der Waals surface area contributed by atoms with Crippen LogP contribution in [0.25, 0.3) is 0 Å². The largest absolute Gasteiger partial charge is 0.484 e. The molecule has 0 bridgehead atoms. The Morgan fingerprint density at radius 2 is 2.05 bits per heavy atom. The summed E-state index contributed by atoms with van der Waals surface area (Å²) in [5.74, 6) is 0.268. The number of carbonyl (C=O) groups excluding carboxylic acids is 3. The molecule has 1 unspecified atom stereocenters. The number of nitrogens with zero attached hydrogens (tertiary/aromatic N) is 2. The number of rotatable bonds is 4. The molecule has 1 aromatic carbocycles. The smallest absolute Gasteiger partial charge is 0.324 e. The molecule has 2 fully saturated rings. The Labute approximate surface area is 127 Å². The Morgan fingerprint density at radius 1 is 1.27 bits per heavy atom. The van der Waals surface area contributed by atoms with Crippen LogP contribution in [-0.2, 0) is 9.59 Å². The van der Waals surface area contributed by atoms with Gasteiger partial charge in [0, 0.05) is 13.1 Å². The van der Waals surface area contributed by atoms with Crippen molar-refractivity contribution in [1.29, 1.82) is 0 Å². The van der Waals surface area contributed by atoms with Gasteiger partial charge in [0.2, 0.25) is 5.91 Å². The first-order valence-electron chi connectivity index (χ1n) is 7.20. The zero-order chi connectivity index (χ0) is 15.5. The van der Waals surface area contributed by atoms with Gasteiger partial charge >= 0.3 is 6.03 Å². The highest BCUT2D eigenvalue weighted by molar-refractivity contribution is 6.02. The van der Waals surface area contributed by atoms with Gasteiger partial charge in [0.15, 0.2) is 6.61 Å². The Morgan fingerprint density at radius 3 is 2.73 bits per heavy atom. The standard InChI is InChI=1S/C15H17N3O4/c19-13-8-16-15(21)18(13)11-6-7-17(9-11)14(20)10-22-12-4-2-1-3-5-12/h1-5,11H,6-10H2,(H,16,21). The van der Waals surface area contributed by atoms with E-state index in [1.807, 2.05) is 18.2 Å². The van der Waals surface area contributed by atoms with Crippen molar-refractivity contribution in [3.05, 3.63) is 30.3 Å². The average molecular weight is 303 g/mol. The number of urea groups is 1. The molecule has 0 spiro atoms. The van der Waals surface area contributed by atoms with Crippen LogP contribution in [0.5, 0.6) is 5.75 Å². The monoisotopic (exact) mass is 303 g/mol. The van der Waals surface area contributed by atoms with E-state index in [0.717, 1.165) is 0 Å². The second kappa shape index (κ2) is 6.05. The number of ether oxygens (including phenoxy) is 1. The number of likely N-dealkylation sites (tertiary alicyclic amines) is 1. The maximum absolute atomic E-state index is 12.1. The molecule has 116 valence electrons. The summed E-state index contributed by atoms with van der Waals surface area (Å²) in [5, 5.41) is 2.50. The van der Waals surface area contributed by atoms with Crippen molar-refractivity contribution >= 4 is 17.8 Å². The highest BCUT2D eigenvalue weighted by atomic mass is 16.5. The molecule has 3 rings (SSSR count). The lowest BCUT2D eigenvalue weighted by Crippen LogP contribution is -2.43. The van der Waals surface area contributed by atoms with E-state index in [-0.39, 0.29) is 37.0 Å². The topological polar surface area (TPSA) is 79.0 Å². The molecule has 4 amide bonds. The van der Waals surface area contributed by atoms with Crippen molar-refractivity contribution in [3.63, 3.8) is 0 Å². The van der Waals surface area contributed by atoms with Crippen LogP contribution in [0.4, 0.5) is 4.79 Å². The number of para-hydroxylation sites is 1. The molecule has 0 aromatic heterocycles. The van der Waals surface area contributed by atoms with Crippen molar-refractivity contribution in [1.82, 2.24) is 15.1 Å². The molecule has 0 aliphatic carbocycles. The summed E-state index contributed by atoms with van der Waals surface area (Å²) in [6, 6.07) is 8.51. The summed E-state index contributed by atoms with van der Waals surface area (Å²) < 4.78 is 5.43. The normalized spacial score (nSPS) is 21.2. The Bertz CT molecular complexity index is 574. The number of nitrogens with one attached hydrogen (secondary N) is 1. The van der Waals surface area contributed by atoms with Gasteiger partial charge in [-0.2, -0.15) is 0 Å². The Hall–Kier alpha value is -2.57. The predicted octanol–water partition coefficient (Wildman–Crippen LogP) is 0.218. The number of hydrogen-bond donors (Lipinski definition) is 1. The molecule has 0 radical (unpaired) electrons. The van der Waals surface area contributed by atoms with Gasteiger partial charge in [-0.3, -0.25) is 14.5 Å². The van der Waals surface area contributed by atoms with E-state index in [1.54, 1.807) is 17.0 Å². The molecule has 2 heterocycles. The van der Waals surface area contributed by atoms with Gasteiger partial charge in [0.1, 0.15) is 5.75 Å². The van der Waals surface area contributed by atoms with Gasteiger partial charge in [0.25, 0.3) is 5.91 Å². The molecular weight excluding hydrogens is 286 g/mol. The highest BCUT2D eigenvalue weighted by Crippen LogP contribution is 2.18. The van der Waals surface area contributed by atoms with Gasteiger partial charge in [-0.15, -0.1) is 0 Å². The molecule has 2 saturated heterocycles. The lowest BCUT2D eigenvalue weighted by Gasteiger charge is -2.21. The number of amides is 4. The molecule has 7 nitrogen and oxygen atoms in total. The van der Waals surface area contributed by atoms with Crippen LogP contribution in [0.1, 0.15) is 6.42 Å². The fraction of sp³-hybridized carbons (Fsp3) is 0.400. The zero-order valence-electron chi connectivity index (χ0n) is 12.0. The first-order chi connectivity index (χ1) is 10.6. The quantitative estimate of drug-likeness (QED) is 0.807. The maximum Gasteiger partial charge on any atom is 0.324 e. The third-order valence-corrected chi connectivity index (χ3v) is 3.87. The second-order valence-corrected chi connectivity index (χ2v) is 5.31. The van der Waals surface area contributed by atoms with E-state index >= 15 is 0 Å². The molecule has 22 heavy (non-hydrogen) atoms. The first kappa shape index (κ1) is 14.4. The molecule has 0 saturated carbocycles. The lowest BCUT2D eigenvalue weighted by atomic mass is 10.2. The summed E-state index contributed by atoms with van der Waals surface area (Å²) in [6.07, 6.45) is 0.607. The van der Waals surface area contributed by atoms with E-state index in [0.29, 0.717) is 25.3 Å². The van der Waals surface area contributed by atoms with Crippen molar-refractivity contribution in [2.24, 2.45) is 0 Å². The van der Waals surface area contributed by atoms with E-state index in [4.69, 9.17) is 4.74 Å². The zero-order valence-corrected chi connectivity index (χ0v) is 12.0. The number of benzene rings is 1. The van der Waals surface area contributed by atoms with E-state index in [1.165, 1.54) is 4.90 Å². The second-order valence-electron chi connectivity index (χ2n) is 5.31. The van der Waals surface area contributed by atoms with Crippen molar-refractivity contribution in [2.45, 2.75) is 12.5 Å². The van der Waals surface area contributed by atoms with Crippen molar-refractivity contribution in [2.75, 3.05) is 26.2 Å². The third-order valence-electron chi connectivity index (χ3n) is 3.87. The van der Waals surface area contributed by atoms with Crippen LogP contribution in [0.15, 0.2) is 30.3 Å². The molecule has 1 atom stereocenters. The third kappa shape index (κ3) is 2.88. The summed E-state index contributed by atoms with van der Waals surface area (Å²) >= 11 is 0. The molecule has 7 heteroatoms. The van der Waals surface area contributed by atoms with Crippen LogP contribution < -0.4 is 10.1 Å². The number of carbonyl (C=O) groups is 3. The van der Waals surface area contributed by atoms with Gasteiger partial charge in [0.05, 0.1) is 12.6 Å². The van der Waals surface area contributed by atoms with Crippen LogP contribution in [0, 0.1) is 0 Å². The minimum Gasteiger partial charge on any atom is -0.484 e. The van der Waals surface area contributed by atoms with Crippen LogP contribution in [0.2, 0.25) is 0 Å². The summed E-state index contributed by atoms with van der Waals surface area (Å²) in [7, 11) is 0. The summed E-state index contributed by atoms with van der Waals surface area (Å²) in [5.41, 5.74) is 0. The molecule has 2 aliphatic rings. The van der Waals surface area contributed by atoms with Crippen molar-refractivity contribution in [3.8, 4) is 5.75 Å². The molecule has 1 aromatic rings. The number of hydrogen-bond acceptors (Lipinski definition) is 4. The molecule has 1 N–H and O–H groups in total. The van der Waals surface area contributed by atoms with E-state index < -0.39 is 0 Å². The van der Waals surface area contributed by atoms with E-state index in [2.05, 4.69) is 5.32 Å². The summed E-state index contributed by atoms with van der Waals surface area (Å²) in [6.45, 7) is 0.895. The predicted molar refractivity (Wildman–Crippen MR) is 77.2 cm³/mol. The SMILES string of the molecule is O=C(COc1ccccc1)N1CCC(N2C(=O)CNC2=O)C1. The summed E-state index contributed by atoms with van der Waals surface area (Å²) in [4.78, 5) is 38.3. The van der Waals surface area contributed by atoms with Gasteiger partial charge < -0.3 is 15.0 Å². The highest BCUT2D eigenvalue weighted by Gasteiger charge is 2.39. The Balaban J connectivity index is 1.53. The molecule has 2 aliphatic heterocycles. The Kier molecular flexibility index (Phi) is 3.95. The maximum atomic E-state index is 12.1. The first-order valence-corrected chi connectivity index (χ1v) is 7.20. The van der Waals surface area contributed by atoms with Gasteiger partial charge in [-0.05, 0) is 18.6 Å². The fourth-order valence-corrected chi connectivity index (χ4v) is 2.74. The fourth-order valence-electron chi connectivity index (χ4n) is 2.74. The van der Waals surface area contributed by atoms with Crippen LogP contribution >= 0.6 is 0 Å². The van der Waals surface area contributed by atoms with Gasteiger partial charge in [-0.25, -0.2) is 4.79 Å². The van der Waals surface area contributed by atoms with Crippen LogP contribution in [0.3, 0.4) is 0 Å². The minimum absolute atomic E-state index is 0.0421. The molecular formula is C15H17N3O4. The minimum atomic E-state index is -0.371. The van der Waals surface area contributed by atoms with E-state index in [9.17, 15) is 14.4 Å². The lowest BCUT2D eigenvalue weighted by molar-refractivity contribution is -0.133. The van der Waals surface area contributed by atoms with Crippen molar-refractivity contribution < 1.29 is 19.1 Å². The van der Waals surface area contributed by atoms with Gasteiger partial charge in [-0.1, -0.05) is 18.2 Å². The average Bonchev–Trinajstić information content (AvgIpc) is 3.13. The number of imide groups is 1.